The molecule has 7 rings (SSSR count). The summed E-state index contributed by atoms with van der Waals surface area (Å²) in [5.74, 6) is -1.12. The maximum Gasteiger partial charge on any atom is 0.336 e. The summed E-state index contributed by atoms with van der Waals surface area (Å²) in [6.45, 7) is 2.18. The molecule has 0 bridgehead atoms. The molecule has 9 heteroatoms. The minimum Gasteiger partial charge on any atom is -0.478 e. The molecule has 0 aromatic heterocycles. The number of carbonyl (C=O) groups is 3. The zero-order valence-corrected chi connectivity index (χ0v) is 28.1. The number of hydrogen-bond acceptors (Lipinski definition) is 7. The van der Waals surface area contributed by atoms with Crippen molar-refractivity contribution in [3.63, 3.8) is 0 Å². The summed E-state index contributed by atoms with van der Waals surface area (Å²) in [5.41, 5.74) is 6.34. The Morgan fingerprint density at radius 2 is 1.40 bits per heavy atom. The zero-order valence-electron chi connectivity index (χ0n) is 27.3. The molecule has 1 saturated heterocycles. The third kappa shape index (κ3) is 6.73. The average Bonchev–Trinajstić information content (AvgIpc) is 3.39. The predicted molar refractivity (Wildman–Crippen MR) is 190 cm³/mol. The second kappa shape index (κ2) is 14.4. The quantitative estimate of drug-likeness (QED) is 0.113. The topological polar surface area (TPSA) is 113 Å². The van der Waals surface area contributed by atoms with E-state index in [2.05, 4.69) is 6.92 Å². The predicted octanol–water partition coefficient (Wildman–Crippen LogP) is 7.92. The summed E-state index contributed by atoms with van der Waals surface area (Å²) in [7, 11) is 0. The van der Waals surface area contributed by atoms with E-state index in [0.717, 1.165) is 33.4 Å². The van der Waals surface area contributed by atoms with Crippen LogP contribution in [0.15, 0.2) is 126 Å². The van der Waals surface area contributed by atoms with Crippen molar-refractivity contribution in [2.45, 2.75) is 43.5 Å². The van der Waals surface area contributed by atoms with Gasteiger partial charge < -0.3 is 19.7 Å². The van der Waals surface area contributed by atoms with Gasteiger partial charge in [-0.05, 0) is 64.2 Å². The Morgan fingerprint density at radius 3 is 2.10 bits per heavy atom. The molecule has 2 aliphatic rings. The van der Waals surface area contributed by atoms with Crippen molar-refractivity contribution < 1.29 is 34.1 Å². The molecule has 2 aliphatic heterocycles. The molecule has 5 aromatic carbocycles. The largest absolute Gasteiger partial charge is 0.478 e. The molecule has 5 aromatic rings. The molecule has 2 heterocycles. The van der Waals surface area contributed by atoms with Crippen molar-refractivity contribution >= 4 is 29.5 Å². The van der Waals surface area contributed by atoms with Gasteiger partial charge in [-0.1, -0.05) is 91.9 Å². The number of carbonyl (C=O) groups excluding carboxylic acids is 2. The second-order valence-corrected chi connectivity index (χ2v) is 13.6. The maximum atomic E-state index is 13.0. The van der Waals surface area contributed by atoms with Crippen LogP contribution < -0.4 is 0 Å². The first-order chi connectivity index (χ1) is 24.3. The van der Waals surface area contributed by atoms with Crippen LogP contribution in [0.5, 0.6) is 0 Å². The number of imide groups is 1. The van der Waals surface area contributed by atoms with Gasteiger partial charge in [0.2, 0.25) is 0 Å². The number of ether oxygens (including phenoxy) is 2. The van der Waals surface area contributed by atoms with Gasteiger partial charge in [-0.2, -0.15) is 0 Å². The van der Waals surface area contributed by atoms with Crippen LogP contribution in [-0.2, 0) is 22.6 Å². The third-order valence-corrected chi connectivity index (χ3v) is 10.4. The van der Waals surface area contributed by atoms with E-state index in [0.29, 0.717) is 21.8 Å². The first-order valence-corrected chi connectivity index (χ1v) is 17.4. The number of aliphatic hydroxyl groups is 1. The van der Waals surface area contributed by atoms with Gasteiger partial charge in [0, 0.05) is 22.1 Å². The van der Waals surface area contributed by atoms with Crippen molar-refractivity contribution in [3.05, 3.63) is 160 Å². The summed E-state index contributed by atoms with van der Waals surface area (Å²) < 4.78 is 13.3. The number of benzene rings is 5. The van der Waals surface area contributed by atoms with Crippen molar-refractivity contribution in [2.24, 2.45) is 5.92 Å². The SMILES string of the molecule is C[C@@H]1[C@H](CSc2ccccc2C(=O)O)O[C@H](c2cccc(-c3cccc(CN4C(=O)c5ccccc5C4=O)c3)c2)O[C@@H]1c1ccc(CO)cc1. The molecule has 0 radical (unpaired) electrons. The van der Waals surface area contributed by atoms with Gasteiger partial charge in [0.1, 0.15) is 0 Å². The number of aromatic carboxylic acids is 1. The normalized spacial score (nSPS) is 20.2. The lowest BCUT2D eigenvalue weighted by Gasteiger charge is -2.41. The number of carboxylic acids is 1. The van der Waals surface area contributed by atoms with Crippen LogP contribution in [0.4, 0.5) is 0 Å². The molecule has 4 atom stereocenters. The van der Waals surface area contributed by atoms with Gasteiger partial charge in [-0.3, -0.25) is 14.5 Å². The Hall–Kier alpha value is -5.06. The molecule has 0 aliphatic carbocycles. The number of hydrogen-bond donors (Lipinski definition) is 2. The third-order valence-electron chi connectivity index (χ3n) is 9.28. The van der Waals surface area contributed by atoms with Crippen LogP contribution >= 0.6 is 11.8 Å². The lowest BCUT2D eigenvalue weighted by Crippen LogP contribution is -2.38. The summed E-state index contributed by atoms with van der Waals surface area (Å²) >= 11 is 1.45. The summed E-state index contributed by atoms with van der Waals surface area (Å²) in [6.07, 6.45) is -1.32. The molecular weight excluding hydrogens is 651 g/mol. The highest BCUT2D eigenvalue weighted by Gasteiger charge is 2.39. The van der Waals surface area contributed by atoms with Crippen LogP contribution in [-0.4, -0.2) is 44.8 Å². The first kappa shape index (κ1) is 33.4. The lowest BCUT2D eigenvalue weighted by molar-refractivity contribution is -0.268. The fraction of sp³-hybridized carbons (Fsp3) is 0.195. The van der Waals surface area contributed by atoms with E-state index in [-0.39, 0.29) is 48.7 Å². The van der Waals surface area contributed by atoms with E-state index in [4.69, 9.17) is 9.47 Å². The number of thioether (sulfide) groups is 1. The van der Waals surface area contributed by atoms with Crippen molar-refractivity contribution in [2.75, 3.05) is 5.75 Å². The Balaban J connectivity index is 1.15. The average molecular weight is 686 g/mol. The fourth-order valence-electron chi connectivity index (χ4n) is 6.53. The molecule has 0 saturated carbocycles. The minimum atomic E-state index is -0.974. The van der Waals surface area contributed by atoms with E-state index < -0.39 is 12.3 Å². The van der Waals surface area contributed by atoms with Crippen LogP contribution in [0.25, 0.3) is 11.1 Å². The van der Waals surface area contributed by atoms with Crippen LogP contribution in [0.1, 0.15) is 72.6 Å². The highest BCUT2D eigenvalue weighted by molar-refractivity contribution is 7.99. The smallest absolute Gasteiger partial charge is 0.336 e. The van der Waals surface area contributed by atoms with Crippen molar-refractivity contribution in [1.82, 2.24) is 4.90 Å². The molecule has 8 nitrogen and oxygen atoms in total. The summed E-state index contributed by atoms with van der Waals surface area (Å²) in [4.78, 5) is 39.9. The number of rotatable bonds is 10. The van der Waals surface area contributed by atoms with Gasteiger partial charge in [0.15, 0.2) is 6.29 Å². The molecule has 252 valence electrons. The number of amides is 2. The van der Waals surface area contributed by atoms with Gasteiger partial charge >= 0.3 is 5.97 Å². The van der Waals surface area contributed by atoms with Crippen LogP contribution in [0.2, 0.25) is 0 Å². The molecule has 1 fully saturated rings. The molecule has 2 amide bonds. The molecular formula is C41H35NO7S. The summed E-state index contributed by atoms with van der Waals surface area (Å²) in [6, 6.07) is 37.3. The number of fused-ring (bicyclic) bond motifs is 1. The summed E-state index contributed by atoms with van der Waals surface area (Å²) in [5, 5.41) is 19.3. The standard InChI is InChI=1S/C41H35NO7S/c1-25-35(24-50-36-15-5-4-14-34(36)40(46)47)48-41(49-37(25)28-18-16-26(23-43)17-19-28)31-11-7-10-30(21-31)29-9-6-8-27(20-29)22-42-38(44)32-12-2-3-13-33(32)39(42)45/h2-21,25,35,37,41,43H,22-24H2,1H3,(H,46,47)/t25-,35+,37+,41+/m1/s1. The van der Waals surface area contributed by atoms with E-state index in [9.17, 15) is 24.6 Å². The Kier molecular flexibility index (Phi) is 9.65. The number of nitrogens with zero attached hydrogens (tertiary/aromatic N) is 1. The zero-order chi connectivity index (χ0) is 34.8. The highest BCUT2D eigenvalue weighted by atomic mass is 32.2. The Bertz CT molecular complexity index is 2030. The van der Waals surface area contributed by atoms with E-state index in [1.165, 1.54) is 16.7 Å². The Labute approximate surface area is 294 Å². The highest BCUT2D eigenvalue weighted by Crippen LogP contribution is 2.44. The van der Waals surface area contributed by atoms with E-state index in [1.807, 2.05) is 84.9 Å². The van der Waals surface area contributed by atoms with Crippen molar-refractivity contribution in [1.29, 1.82) is 0 Å². The van der Waals surface area contributed by atoms with Gasteiger partial charge in [-0.25, -0.2) is 4.79 Å². The van der Waals surface area contributed by atoms with Gasteiger partial charge in [0.25, 0.3) is 11.8 Å². The monoisotopic (exact) mass is 685 g/mol. The maximum absolute atomic E-state index is 13.0. The van der Waals surface area contributed by atoms with E-state index >= 15 is 0 Å². The second-order valence-electron chi connectivity index (χ2n) is 12.5. The van der Waals surface area contributed by atoms with E-state index in [1.54, 1.807) is 36.4 Å². The van der Waals surface area contributed by atoms with Crippen molar-refractivity contribution in [3.8, 4) is 11.1 Å². The number of aliphatic hydroxyl groups excluding tert-OH is 1. The lowest BCUT2D eigenvalue weighted by atomic mass is 9.91. The molecule has 2 N–H and O–H groups in total. The molecule has 50 heavy (non-hydrogen) atoms. The van der Waals surface area contributed by atoms with Gasteiger partial charge in [0.05, 0.1) is 42.0 Å². The molecule has 0 spiro atoms. The first-order valence-electron chi connectivity index (χ1n) is 16.4. The Morgan fingerprint density at radius 1 is 0.740 bits per heavy atom. The minimum absolute atomic E-state index is 0.0539. The number of carboxylic acid groups (broad SMARTS) is 1. The fourth-order valence-corrected chi connectivity index (χ4v) is 7.74. The van der Waals surface area contributed by atoms with Gasteiger partial charge in [-0.15, -0.1) is 11.8 Å². The molecule has 0 unspecified atom stereocenters. The van der Waals surface area contributed by atoms with Crippen LogP contribution in [0.3, 0.4) is 0 Å². The van der Waals surface area contributed by atoms with Crippen LogP contribution in [0, 0.1) is 5.92 Å².